The summed E-state index contributed by atoms with van der Waals surface area (Å²) in [6, 6.07) is 0. The third-order valence-corrected chi connectivity index (χ3v) is 1.89. The van der Waals surface area contributed by atoms with E-state index in [1.54, 1.807) is 13.8 Å². The van der Waals surface area contributed by atoms with E-state index in [0.29, 0.717) is 12.8 Å². The van der Waals surface area contributed by atoms with Crippen LogP contribution in [0.1, 0.15) is 33.6 Å². The molecule has 0 aliphatic heterocycles. The highest BCUT2D eigenvalue weighted by molar-refractivity contribution is 5.99. The Morgan fingerprint density at radius 3 is 1.86 bits per heavy atom. The first-order valence-corrected chi connectivity index (χ1v) is 4.61. The molecule has 0 aromatic heterocycles. The highest BCUT2D eigenvalue weighted by Crippen LogP contribution is 2.19. The van der Waals surface area contributed by atoms with Crippen molar-refractivity contribution < 1.29 is 19.8 Å². The number of hydrogen-bond donors (Lipinski definition) is 2. The highest BCUT2D eigenvalue weighted by atomic mass is 16.4. The molecule has 0 heterocycles. The van der Waals surface area contributed by atoms with Crippen LogP contribution < -0.4 is 0 Å². The molecule has 4 nitrogen and oxygen atoms in total. The van der Waals surface area contributed by atoms with E-state index in [9.17, 15) is 9.59 Å². The highest BCUT2D eigenvalue weighted by Gasteiger charge is 2.21. The first-order chi connectivity index (χ1) is 6.41. The van der Waals surface area contributed by atoms with E-state index < -0.39 is 11.9 Å². The minimum atomic E-state index is -1.13. The Morgan fingerprint density at radius 1 is 1.14 bits per heavy atom. The Kier molecular flexibility index (Phi) is 4.91. The zero-order valence-corrected chi connectivity index (χ0v) is 8.70. The van der Waals surface area contributed by atoms with Crippen molar-refractivity contribution in [3.05, 3.63) is 11.1 Å². The quantitative estimate of drug-likeness (QED) is 0.665. The normalized spacial score (nSPS) is 12.6. The summed E-state index contributed by atoms with van der Waals surface area (Å²) in [6.45, 7) is 5.19. The van der Waals surface area contributed by atoms with Gasteiger partial charge in [-0.15, -0.1) is 0 Å². The van der Waals surface area contributed by atoms with Crippen molar-refractivity contribution in [3.8, 4) is 0 Å². The van der Waals surface area contributed by atoms with Gasteiger partial charge in [0.05, 0.1) is 0 Å². The number of hydrogen-bond acceptors (Lipinski definition) is 2. The molecule has 0 amide bonds. The largest absolute Gasteiger partial charge is 0.478 e. The topological polar surface area (TPSA) is 74.6 Å². The molecule has 0 aliphatic rings. The maximum absolute atomic E-state index is 10.8. The summed E-state index contributed by atoms with van der Waals surface area (Å²) < 4.78 is 0. The van der Waals surface area contributed by atoms with E-state index in [1.165, 1.54) is 0 Å². The molecule has 0 unspecified atom stereocenters. The number of rotatable bonds is 5. The Balaban J connectivity index is 5.26. The molecule has 4 heteroatoms. The molecule has 80 valence electrons. The molecule has 0 atom stereocenters. The molecule has 0 aliphatic carbocycles. The predicted molar refractivity (Wildman–Crippen MR) is 52.0 cm³/mol. The van der Waals surface area contributed by atoms with Gasteiger partial charge in [-0.1, -0.05) is 27.2 Å². The van der Waals surface area contributed by atoms with Gasteiger partial charge in [0.2, 0.25) is 0 Å². The van der Waals surface area contributed by atoms with Gasteiger partial charge >= 0.3 is 11.9 Å². The van der Waals surface area contributed by atoms with Crippen LogP contribution >= 0.6 is 0 Å². The maximum Gasteiger partial charge on any atom is 0.332 e. The third-order valence-electron chi connectivity index (χ3n) is 1.89. The average Bonchev–Trinajstić information content (AvgIpc) is 2.01. The van der Waals surface area contributed by atoms with Crippen molar-refractivity contribution in [1.82, 2.24) is 0 Å². The van der Waals surface area contributed by atoms with Crippen LogP contribution in [-0.2, 0) is 9.59 Å². The zero-order chi connectivity index (χ0) is 11.3. The summed E-state index contributed by atoms with van der Waals surface area (Å²) in [5.74, 6) is -2.53. The molecule has 0 radical (unpaired) electrons. The molecule has 2 N–H and O–H groups in total. The summed E-state index contributed by atoms with van der Waals surface area (Å²) >= 11 is 0. The Hall–Kier alpha value is -1.32. The van der Waals surface area contributed by atoms with Crippen LogP contribution in [0.3, 0.4) is 0 Å². The van der Waals surface area contributed by atoms with Gasteiger partial charge in [-0.25, -0.2) is 9.59 Å². The third kappa shape index (κ3) is 3.20. The maximum atomic E-state index is 10.8. The molecule has 0 rings (SSSR count). The van der Waals surface area contributed by atoms with Gasteiger partial charge in [-0.05, 0) is 12.3 Å². The fourth-order valence-electron chi connectivity index (χ4n) is 1.33. The van der Waals surface area contributed by atoms with Crippen molar-refractivity contribution in [1.29, 1.82) is 0 Å². The molecule has 0 fully saturated rings. The van der Waals surface area contributed by atoms with E-state index in [0.717, 1.165) is 0 Å². The van der Waals surface area contributed by atoms with Gasteiger partial charge in [0.15, 0.2) is 0 Å². The van der Waals surface area contributed by atoms with Gasteiger partial charge < -0.3 is 10.2 Å². The predicted octanol–water partition coefficient (Wildman–Crippen LogP) is 1.91. The first-order valence-electron chi connectivity index (χ1n) is 4.61. The number of aliphatic carboxylic acids is 2. The van der Waals surface area contributed by atoms with Gasteiger partial charge in [0, 0.05) is 11.1 Å². The first kappa shape index (κ1) is 12.7. The molecule has 14 heavy (non-hydrogen) atoms. The van der Waals surface area contributed by atoms with E-state index in [1.807, 2.05) is 6.92 Å². The molecule has 0 saturated heterocycles. The fourth-order valence-corrected chi connectivity index (χ4v) is 1.33. The van der Waals surface area contributed by atoms with E-state index in [-0.39, 0.29) is 17.1 Å². The second-order valence-corrected chi connectivity index (χ2v) is 3.41. The Labute approximate surface area is 83.2 Å². The molecule has 0 bridgehead atoms. The summed E-state index contributed by atoms with van der Waals surface area (Å²) in [4.78, 5) is 21.7. The summed E-state index contributed by atoms with van der Waals surface area (Å²) in [6.07, 6.45) is 0.931. The second-order valence-electron chi connectivity index (χ2n) is 3.41. The minimum absolute atomic E-state index is 0.0133. The summed E-state index contributed by atoms with van der Waals surface area (Å²) in [5.41, 5.74) is 0.0364. The van der Waals surface area contributed by atoms with E-state index >= 15 is 0 Å². The molecule has 0 spiro atoms. The molecule has 0 aromatic rings. The lowest BCUT2D eigenvalue weighted by atomic mass is 9.94. The molecular formula is C10H16O4. The van der Waals surface area contributed by atoms with Gasteiger partial charge in [-0.3, -0.25) is 0 Å². The van der Waals surface area contributed by atoms with E-state index in [4.69, 9.17) is 10.2 Å². The molecule has 0 aromatic carbocycles. The van der Waals surface area contributed by atoms with Crippen LogP contribution in [0.4, 0.5) is 0 Å². The summed E-state index contributed by atoms with van der Waals surface area (Å²) in [7, 11) is 0. The SMILES string of the molecule is CCC/C(C(=O)O)=C(\C(=O)O)C(C)C. The van der Waals surface area contributed by atoms with Crippen LogP contribution in [-0.4, -0.2) is 22.2 Å². The average molecular weight is 200 g/mol. The van der Waals surface area contributed by atoms with Crippen LogP contribution in [0.15, 0.2) is 11.1 Å². The molecule has 0 saturated carbocycles. The van der Waals surface area contributed by atoms with Crippen LogP contribution in [0, 0.1) is 5.92 Å². The lowest BCUT2D eigenvalue weighted by molar-refractivity contribution is -0.136. The minimum Gasteiger partial charge on any atom is -0.478 e. The fraction of sp³-hybridized carbons (Fsp3) is 0.600. The van der Waals surface area contributed by atoms with Gasteiger partial charge in [-0.2, -0.15) is 0 Å². The zero-order valence-electron chi connectivity index (χ0n) is 8.70. The summed E-state index contributed by atoms with van der Waals surface area (Å²) in [5, 5.41) is 17.7. The van der Waals surface area contributed by atoms with Crippen molar-refractivity contribution in [2.45, 2.75) is 33.6 Å². The van der Waals surface area contributed by atoms with Crippen LogP contribution in [0.2, 0.25) is 0 Å². The van der Waals surface area contributed by atoms with Crippen molar-refractivity contribution >= 4 is 11.9 Å². The number of carboxylic acids is 2. The van der Waals surface area contributed by atoms with Gasteiger partial charge in [0.1, 0.15) is 0 Å². The number of carbonyl (C=O) groups is 2. The lowest BCUT2D eigenvalue weighted by Gasteiger charge is -2.10. The monoisotopic (exact) mass is 200 g/mol. The van der Waals surface area contributed by atoms with Crippen LogP contribution in [0.5, 0.6) is 0 Å². The molecular weight excluding hydrogens is 184 g/mol. The smallest absolute Gasteiger partial charge is 0.332 e. The second kappa shape index (κ2) is 5.42. The standard InChI is InChI=1S/C10H16O4/c1-4-5-7(9(11)12)8(6(2)3)10(13)14/h6H,4-5H2,1-3H3,(H,11,12)(H,13,14)/b8-7+. The van der Waals surface area contributed by atoms with Crippen molar-refractivity contribution in [2.24, 2.45) is 5.92 Å². The lowest BCUT2D eigenvalue weighted by Crippen LogP contribution is -2.15. The van der Waals surface area contributed by atoms with Crippen molar-refractivity contribution in [2.75, 3.05) is 0 Å². The van der Waals surface area contributed by atoms with Gasteiger partial charge in [0.25, 0.3) is 0 Å². The van der Waals surface area contributed by atoms with E-state index in [2.05, 4.69) is 0 Å². The van der Waals surface area contributed by atoms with Crippen LogP contribution in [0.25, 0.3) is 0 Å². The number of carboxylic acid groups (broad SMARTS) is 2. The Bertz CT molecular complexity index is 263. The van der Waals surface area contributed by atoms with Crippen molar-refractivity contribution in [3.63, 3.8) is 0 Å². The Morgan fingerprint density at radius 2 is 1.64 bits per heavy atom.